The Morgan fingerprint density at radius 3 is 2.36 bits per heavy atom. The van der Waals surface area contributed by atoms with E-state index in [0.29, 0.717) is 10.0 Å². The van der Waals surface area contributed by atoms with Crippen molar-refractivity contribution in [3.63, 3.8) is 0 Å². The third-order valence-corrected chi connectivity index (χ3v) is 7.00. The summed E-state index contributed by atoms with van der Waals surface area (Å²) in [6, 6.07) is 11.0. The van der Waals surface area contributed by atoms with E-state index in [0.717, 1.165) is 0 Å². The maximum Gasteiger partial charge on any atom is 0.285 e. The predicted molar refractivity (Wildman–Crippen MR) is 107 cm³/mol. The van der Waals surface area contributed by atoms with Gasteiger partial charge in [0.15, 0.2) is 0 Å². The first-order chi connectivity index (χ1) is 13.2. The van der Waals surface area contributed by atoms with Crippen LogP contribution in [0.3, 0.4) is 0 Å². The zero-order valence-corrected chi connectivity index (χ0v) is 17.4. The lowest BCUT2D eigenvalue weighted by atomic mass is 10.1. The molecule has 1 amide bonds. The molecule has 0 N–H and O–H groups in total. The fourth-order valence-electron chi connectivity index (χ4n) is 3.15. The van der Waals surface area contributed by atoms with Crippen LogP contribution < -0.4 is 0 Å². The molecule has 28 heavy (non-hydrogen) atoms. The Balaban J connectivity index is 1.77. The number of carbonyl (C=O) groups excluding carboxylic acids is 1. The molecule has 2 aromatic carbocycles. The van der Waals surface area contributed by atoms with Crippen LogP contribution in [0.2, 0.25) is 0 Å². The highest BCUT2D eigenvalue weighted by Gasteiger charge is 2.32. The number of hydrogen-bond acceptors (Lipinski definition) is 5. The maximum atomic E-state index is 12.8. The molecule has 0 bridgehead atoms. The number of nitro benzene ring substituents is 1. The lowest BCUT2D eigenvalue weighted by molar-refractivity contribution is -0.385. The summed E-state index contributed by atoms with van der Waals surface area (Å²) in [6.07, 6.45) is 0. The molecule has 0 radical (unpaired) electrons. The fourth-order valence-corrected chi connectivity index (χ4v) is 5.17. The molecule has 8 nitrogen and oxygen atoms in total. The van der Waals surface area contributed by atoms with Gasteiger partial charge in [-0.3, -0.25) is 14.9 Å². The van der Waals surface area contributed by atoms with E-state index < -0.39 is 20.9 Å². The number of nitro groups is 1. The van der Waals surface area contributed by atoms with E-state index in [1.165, 1.54) is 27.4 Å². The van der Waals surface area contributed by atoms with Gasteiger partial charge in [0.05, 0.1) is 9.82 Å². The van der Waals surface area contributed by atoms with Gasteiger partial charge in [-0.1, -0.05) is 34.1 Å². The number of sulfonamides is 1. The van der Waals surface area contributed by atoms with Crippen LogP contribution in [0, 0.1) is 17.0 Å². The summed E-state index contributed by atoms with van der Waals surface area (Å²) in [7, 11) is -3.67. The molecule has 2 aromatic rings. The predicted octanol–water partition coefficient (Wildman–Crippen LogP) is 2.81. The zero-order chi connectivity index (χ0) is 20.5. The molecule has 148 valence electrons. The molecule has 1 aliphatic heterocycles. The second-order valence-electron chi connectivity index (χ2n) is 6.38. The SMILES string of the molecule is Cc1cccc(C(=O)N2CCN(S(=O)(=O)c3cccc(Br)c3)CC2)c1[N+](=O)[O-]. The Hall–Kier alpha value is -2.30. The summed E-state index contributed by atoms with van der Waals surface area (Å²) >= 11 is 3.27. The third kappa shape index (κ3) is 3.94. The molecule has 0 unspecified atom stereocenters. The van der Waals surface area contributed by atoms with Crippen LogP contribution in [0.5, 0.6) is 0 Å². The molecule has 0 saturated carbocycles. The van der Waals surface area contributed by atoms with E-state index in [2.05, 4.69) is 15.9 Å². The second kappa shape index (κ2) is 7.98. The van der Waals surface area contributed by atoms with Gasteiger partial charge in [-0.15, -0.1) is 0 Å². The van der Waals surface area contributed by atoms with Crippen molar-refractivity contribution in [2.45, 2.75) is 11.8 Å². The molecule has 1 saturated heterocycles. The van der Waals surface area contributed by atoms with E-state index >= 15 is 0 Å². The van der Waals surface area contributed by atoms with Crippen LogP contribution in [-0.2, 0) is 10.0 Å². The van der Waals surface area contributed by atoms with Crippen LogP contribution in [0.1, 0.15) is 15.9 Å². The molecule has 1 heterocycles. The van der Waals surface area contributed by atoms with Gasteiger partial charge in [0.25, 0.3) is 11.6 Å². The Morgan fingerprint density at radius 1 is 1.11 bits per heavy atom. The topological polar surface area (TPSA) is 101 Å². The minimum absolute atomic E-state index is 0.0216. The number of aryl methyl sites for hydroxylation is 1. The van der Waals surface area contributed by atoms with Crippen molar-refractivity contribution in [2.24, 2.45) is 0 Å². The van der Waals surface area contributed by atoms with Crippen LogP contribution in [0.15, 0.2) is 51.8 Å². The smallest absolute Gasteiger partial charge is 0.285 e. The number of halogens is 1. The average Bonchev–Trinajstić information content (AvgIpc) is 2.67. The minimum atomic E-state index is -3.67. The highest BCUT2D eigenvalue weighted by atomic mass is 79.9. The van der Waals surface area contributed by atoms with Gasteiger partial charge in [0.1, 0.15) is 5.56 Å². The maximum absolute atomic E-state index is 12.8. The van der Waals surface area contributed by atoms with Crippen LogP contribution in [0.25, 0.3) is 0 Å². The quantitative estimate of drug-likeness (QED) is 0.508. The number of carbonyl (C=O) groups is 1. The van der Waals surface area contributed by atoms with Crippen LogP contribution in [-0.4, -0.2) is 54.6 Å². The van der Waals surface area contributed by atoms with Crippen molar-refractivity contribution in [3.8, 4) is 0 Å². The normalized spacial score (nSPS) is 15.4. The number of nitrogens with zero attached hydrogens (tertiary/aromatic N) is 3. The van der Waals surface area contributed by atoms with Crippen LogP contribution >= 0.6 is 15.9 Å². The van der Waals surface area contributed by atoms with Crippen molar-refractivity contribution < 1.29 is 18.1 Å². The molecular formula is C18H18BrN3O5S. The molecule has 0 atom stereocenters. The fraction of sp³-hybridized carbons (Fsp3) is 0.278. The number of amides is 1. The first-order valence-electron chi connectivity index (χ1n) is 8.51. The third-order valence-electron chi connectivity index (χ3n) is 4.61. The van der Waals surface area contributed by atoms with Gasteiger partial charge in [-0.05, 0) is 31.2 Å². The highest BCUT2D eigenvalue weighted by molar-refractivity contribution is 9.10. The van der Waals surface area contributed by atoms with Crippen molar-refractivity contribution in [1.29, 1.82) is 0 Å². The van der Waals surface area contributed by atoms with Gasteiger partial charge in [0.2, 0.25) is 10.0 Å². The standard InChI is InChI=1S/C18H18BrN3O5S/c1-13-4-2-7-16(17(13)22(24)25)18(23)20-8-10-21(11-9-20)28(26,27)15-6-3-5-14(19)12-15/h2-7,12H,8-11H2,1H3. The van der Waals surface area contributed by atoms with Gasteiger partial charge in [0, 0.05) is 36.2 Å². The zero-order valence-electron chi connectivity index (χ0n) is 15.0. The van der Waals surface area contributed by atoms with Crippen molar-refractivity contribution in [3.05, 3.63) is 68.2 Å². The van der Waals surface area contributed by atoms with Gasteiger partial charge in [-0.2, -0.15) is 4.31 Å². The molecule has 0 aromatic heterocycles. The summed E-state index contributed by atoms with van der Waals surface area (Å²) in [4.78, 5) is 25.2. The summed E-state index contributed by atoms with van der Waals surface area (Å²) in [5, 5.41) is 11.3. The minimum Gasteiger partial charge on any atom is -0.336 e. The average molecular weight is 468 g/mol. The largest absolute Gasteiger partial charge is 0.336 e. The van der Waals surface area contributed by atoms with Crippen molar-refractivity contribution in [1.82, 2.24) is 9.21 Å². The summed E-state index contributed by atoms with van der Waals surface area (Å²) < 4.78 is 27.6. The van der Waals surface area contributed by atoms with Crippen LogP contribution in [0.4, 0.5) is 5.69 Å². The van der Waals surface area contributed by atoms with E-state index in [4.69, 9.17) is 0 Å². The van der Waals surface area contributed by atoms with Gasteiger partial charge >= 0.3 is 0 Å². The van der Waals surface area contributed by atoms with E-state index in [1.54, 1.807) is 31.2 Å². The summed E-state index contributed by atoms with van der Waals surface area (Å²) in [5.41, 5.74) is 0.219. The molecule has 10 heteroatoms. The molecule has 1 aliphatic rings. The highest BCUT2D eigenvalue weighted by Crippen LogP contribution is 2.26. The Labute approximate surface area is 171 Å². The second-order valence-corrected chi connectivity index (χ2v) is 9.24. The lowest BCUT2D eigenvalue weighted by Crippen LogP contribution is -2.50. The number of hydrogen-bond donors (Lipinski definition) is 0. The first kappa shape index (κ1) is 20.4. The monoisotopic (exact) mass is 467 g/mol. The van der Waals surface area contributed by atoms with Gasteiger partial charge < -0.3 is 4.90 Å². The Morgan fingerprint density at radius 2 is 1.75 bits per heavy atom. The van der Waals surface area contributed by atoms with E-state index in [9.17, 15) is 23.3 Å². The molecule has 1 fully saturated rings. The lowest BCUT2D eigenvalue weighted by Gasteiger charge is -2.34. The Kier molecular flexibility index (Phi) is 5.82. The van der Waals surface area contributed by atoms with E-state index in [-0.39, 0.29) is 42.3 Å². The number of para-hydroxylation sites is 1. The molecule has 0 aliphatic carbocycles. The number of rotatable bonds is 4. The van der Waals surface area contributed by atoms with Crippen molar-refractivity contribution in [2.75, 3.05) is 26.2 Å². The summed E-state index contributed by atoms with van der Waals surface area (Å²) in [5.74, 6) is -0.463. The van der Waals surface area contributed by atoms with Gasteiger partial charge in [-0.25, -0.2) is 8.42 Å². The van der Waals surface area contributed by atoms with Crippen molar-refractivity contribution >= 4 is 37.5 Å². The number of benzene rings is 2. The molecule has 3 rings (SSSR count). The first-order valence-corrected chi connectivity index (χ1v) is 10.7. The Bertz CT molecular complexity index is 1030. The summed E-state index contributed by atoms with van der Waals surface area (Å²) in [6.45, 7) is 2.16. The van der Waals surface area contributed by atoms with E-state index in [1.807, 2.05) is 0 Å². The molecular weight excluding hydrogens is 450 g/mol. The molecule has 0 spiro atoms. The number of piperazine rings is 1.